The van der Waals surface area contributed by atoms with E-state index in [1.807, 2.05) is 24.3 Å². The predicted octanol–water partition coefficient (Wildman–Crippen LogP) is 3.09. The van der Waals surface area contributed by atoms with Crippen molar-refractivity contribution in [1.82, 2.24) is 0 Å². The molecule has 1 aliphatic carbocycles. The lowest BCUT2D eigenvalue weighted by atomic mass is 10.0. The maximum absolute atomic E-state index is 6.08. The van der Waals surface area contributed by atoms with E-state index in [4.69, 9.17) is 14.2 Å². The summed E-state index contributed by atoms with van der Waals surface area (Å²) in [5, 5.41) is 0. The van der Waals surface area contributed by atoms with E-state index in [9.17, 15) is 0 Å². The topological polar surface area (TPSA) is 27.7 Å². The summed E-state index contributed by atoms with van der Waals surface area (Å²) in [5.41, 5.74) is 1.02. The van der Waals surface area contributed by atoms with Crippen molar-refractivity contribution < 1.29 is 14.2 Å². The van der Waals surface area contributed by atoms with E-state index in [0.29, 0.717) is 6.61 Å². The molecule has 0 bridgehead atoms. The quantitative estimate of drug-likeness (QED) is 0.779. The molecule has 1 heterocycles. The largest absolute Gasteiger partial charge is 0.497 e. The first kappa shape index (κ1) is 12.7. The maximum Gasteiger partial charge on any atom is 0.118 e. The van der Waals surface area contributed by atoms with E-state index >= 15 is 0 Å². The van der Waals surface area contributed by atoms with Gasteiger partial charge in [0.1, 0.15) is 11.4 Å². The summed E-state index contributed by atoms with van der Waals surface area (Å²) >= 11 is 0. The van der Waals surface area contributed by atoms with Crippen LogP contribution in [0.15, 0.2) is 36.4 Å². The van der Waals surface area contributed by atoms with Gasteiger partial charge in [-0.2, -0.15) is 0 Å². The summed E-state index contributed by atoms with van der Waals surface area (Å²) in [6.45, 7) is 1.36. The van der Waals surface area contributed by atoms with Gasteiger partial charge in [0.2, 0.25) is 0 Å². The second-order valence-electron chi connectivity index (χ2n) is 5.21. The first-order chi connectivity index (χ1) is 9.32. The van der Waals surface area contributed by atoms with Crippen LogP contribution < -0.4 is 4.74 Å². The maximum atomic E-state index is 6.08. The van der Waals surface area contributed by atoms with Gasteiger partial charge >= 0.3 is 0 Å². The first-order valence-electron chi connectivity index (χ1n) is 6.89. The van der Waals surface area contributed by atoms with E-state index in [2.05, 4.69) is 12.2 Å². The van der Waals surface area contributed by atoms with Crippen molar-refractivity contribution >= 4 is 0 Å². The first-order valence-corrected chi connectivity index (χ1v) is 6.89. The van der Waals surface area contributed by atoms with Crippen molar-refractivity contribution in [2.24, 2.45) is 0 Å². The number of benzene rings is 1. The van der Waals surface area contributed by atoms with E-state index in [-0.39, 0.29) is 11.7 Å². The van der Waals surface area contributed by atoms with Crippen molar-refractivity contribution in [1.29, 1.82) is 0 Å². The third kappa shape index (κ3) is 2.53. The lowest BCUT2D eigenvalue weighted by Gasteiger charge is -2.29. The molecular formula is C16H20O3. The van der Waals surface area contributed by atoms with Crippen LogP contribution in [0.1, 0.15) is 24.8 Å². The molecule has 1 spiro atoms. The van der Waals surface area contributed by atoms with Gasteiger partial charge in [0.25, 0.3) is 0 Å². The Hall–Kier alpha value is -1.32. The number of rotatable bonds is 4. The predicted molar refractivity (Wildman–Crippen MR) is 73.2 cm³/mol. The SMILES string of the molecule is COc1ccc(CO[C@H]2CCC[C@]23C=CCO3)cc1. The molecule has 1 aliphatic heterocycles. The average Bonchev–Trinajstić information content (AvgIpc) is 3.08. The molecule has 3 heteroatoms. The zero-order chi connectivity index (χ0) is 13.1. The molecule has 1 aromatic rings. The van der Waals surface area contributed by atoms with Crippen molar-refractivity contribution in [2.75, 3.05) is 13.7 Å². The lowest BCUT2D eigenvalue weighted by Crippen LogP contribution is -2.37. The highest BCUT2D eigenvalue weighted by Gasteiger charge is 2.44. The van der Waals surface area contributed by atoms with Crippen LogP contribution in [0.2, 0.25) is 0 Å². The Labute approximate surface area is 114 Å². The zero-order valence-electron chi connectivity index (χ0n) is 11.3. The minimum Gasteiger partial charge on any atom is -0.497 e. The van der Waals surface area contributed by atoms with Crippen molar-refractivity contribution in [2.45, 2.75) is 37.6 Å². The molecule has 1 aromatic carbocycles. The summed E-state index contributed by atoms with van der Waals surface area (Å²) in [4.78, 5) is 0. The minimum absolute atomic E-state index is 0.146. The fourth-order valence-corrected chi connectivity index (χ4v) is 2.97. The molecule has 0 radical (unpaired) electrons. The average molecular weight is 260 g/mol. The van der Waals surface area contributed by atoms with Crippen LogP contribution in [-0.4, -0.2) is 25.4 Å². The molecule has 1 saturated carbocycles. The molecule has 19 heavy (non-hydrogen) atoms. The smallest absolute Gasteiger partial charge is 0.118 e. The fourth-order valence-electron chi connectivity index (χ4n) is 2.97. The van der Waals surface area contributed by atoms with Gasteiger partial charge in [-0.15, -0.1) is 0 Å². The zero-order valence-corrected chi connectivity index (χ0v) is 11.3. The van der Waals surface area contributed by atoms with Gasteiger partial charge in [-0.1, -0.05) is 24.3 Å². The highest BCUT2D eigenvalue weighted by atomic mass is 16.6. The van der Waals surface area contributed by atoms with Gasteiger partial charge in [0, 0.05) is 0 Å². The van der Waals surface area contributed by atoms with Gasteiger partial charge in [-0.05, 0) is 37.0 Å². The monoisotopic (exact) mass is 260 g/mol. The van der Waals surface area contributed by atoms with E-state index in [1.165, 1.54) is 12.0 Å². The Bertz CT molecular complexity index is 452. The summed E-state index contributed by atoms with van der Waals surface area (Å²) in [5.74, 6) is 0.878. The molecule has 0 saturated heterocycles. The van der Waals surface area contributed by atoms with Crippen LogP contribution in [0, 0.1) is 0 Å². The van der Waals surface area contributed by atoms with Crippen LogP contribution in [0.3, 0.4) is 0 Å². The Morgan fingerprint density at radius 3 is 2.84 bits per heavy atom. The number of ether oxygens (including phenoxy) is 3. The van der Waals surface area contributed by atoms with Gasteiger partial charge < -0.3 is 14.2 Å². The van der Waals surface area contributed by atoms with Gasteiger partial charge in [-0.3, -0.25) is 0 Å². The van der Waals surface area contributed by atoms with Crippen LogP contribution in [0.5, 0.6) is 5.75 Å². The molecule has 3 rings (SSSR count). The summed E-state index contributed by atoms with van der Waals surface area (Å²) in [6.07, 6.45) is 7.83. The second-order valence-corrected chi connectivity index (χ2v) is 5.21. The van der Waals surface area contributed by atoms with Crippen molar-refractivity contribution in [3.8, 4) is 5.75 Å². The molecule has 0 N–H and O–H groups in total. The standard InChI is InChI=1S/C16H20O3/c1-17-14-7-5-13(6-8-14)12-18-15-4-2-9-16(15)10-3-11-19-16/h3,5-8,10,15H,2,4,9,11-12H2,1H3/t15-,16-/m0/s1. The summed E-state index contributed by atoms with van der Waals surface area (Å²) < 4.78 is 17.1. The van der Waals surface area contributed by atoms with Crippen LogP contribution >= 0.6 is 0 Å². The number of hydrogen-bond acceptors (Lipinski definition) is 3. The molecule has 3 nitrogen and oxygen atoms in total. The summed E-state index contributed by atoms with van der Waals surface area (Å²) in [7, 11) is 1.68. The molecule has 2 atom stereocenters. The number of hydrogen-bond donors (Lipinski definition) is 0. The normalized spacial score (nSPS) is 29.2. The Morgan fingerprint density at radius 2 is 2.16 bits per heavy atom. The lowest BCUT2D eigenvalue weighted by molar-refractivity contribution is -0.0905. The molecular weight excluding hydrogens is 240 g/mol. The van der Waals surface area contributed by atoms with Gasteiger partial charge in [0.15, 0.2) is 0 Å². The van der Waals surface area contributed by atoms with E-state index in [1.54, 1.807) is 7.11 Å². The highest BCUT2D eigenvalue weighted by Crippen LogP contribution is 2.39. The van der Waals surface area contributed by atoms with Crippen molar-refractivity contribution in [3.05, 3.63) is 42.0 Å². The third-order valence-electron chi connectivity index (χ3n) is 4.04. The molecule has 0 aromatic heterocycles. The fraction of sp³-hybridized carbons (Fsp3) is 0.500. The molecule has 102 valence electrons. The minimum atomic E-state index is -0.146. The summed E-state index contributed by atoms with van der Waals surface area (Å²) in [6, 6.07) is 8.03. The Kier molecular flexibility index (Phi) is 3.58. The van der Waals surface area contributed by atoms with Gasteiger partial charge in [-0.25, -0.2) is 0 Å². The van der Waals surface area contributed by atoms with E-state index < -0.39 is 0 Å². The molecule has 0 amide bonds. The Morgan fingerprint density at radius 1 is 1.32 bits per heavy atom. The highest BCUT2D eigenvalue weighted by molar-refractivity contribution is 5.26. The van der Waals surface area contributed by atoms with Crippen LogP contribution in [-0.2, 0) is 16.1 Å². The second kappa shape index (κ2) is 5.35. The van der Waals surface area contributed by atoms with Gasteiger partial charge in [0.05, 0.1) is 26.4 Å². The van der Waals surface area contributed by atoms with Crippen molar-refractivity contribution in [3.63, 3.8) is 0 Å². The van der Waals surface area contributed by atoms with E-state index in [0.717, 1.165) is 25.2 Å². The number of methoxy groups -OCH3 is 1. The molecule has 2 aliphatic rings. The third-order valence-corrected chi connectivity index (χ3v) is 4.04. The Balaban J connectivity index is 1.60. The molecule has 1 fully saturated rings. The van der Waals surface area contributed by atoms with Crippen LogP contribution in [0.25, 0.3) is 0 Å². The van der Waals surface area contributed by atoms with Crippen LogP contribution in [0.4, 0.5) is 0 Å². The molecule has 0 unspecified atom stereocenters.